The number of carbonyl (C=O) groups is 1. The molecule has 98 valence electrons. The maximum absolute atomic E-state index is 12.1. The summed E-state index contributed by atoms with van der Waals surface area (Å²) >= 11 is 0. The Bertz CT molecular complexity index is 417. The van der Waals surface area contributed by atoms with Gasteiger partial charge in [-0.05, 0) is 44.4 Å². The Morgan fingerprint density at radius 1 is 1.44 bits per heavy atom. The number of rotatable bonds is 3. The molecular formula is C15H22N2O. The van der Waals surface area contributed by atoms with Gasteiger partial charge in [0.25, 0.3) is 0 Å². The normalized spacial score (nSPS) is 23.7. The van der Waals surface area contributed by atoms with Crippen LogP contribution in [0, 0.1) is 12.8 Å². The molecule has 0 saturated carbocycles. The Labute approximate surface area is 109 Å². The average molecular weight is 246 g/mol. The standard InChI is InChI=1S/C15H22N2O/c1-11-6-3-4-7-13(11)10-17-15(18)14-8-5-9-16-12(14)2/h3-4,6-7,12,14,16H,5,8-10H2,1-2H3,(H,17,18). The van der Waals surface area contributed by atoms with E-state index >= 15 is 0 Å². The number of nitrogens with one attached hydrogen (secondary N) is 2. The van der Waals surface area contributed by atoms with E-state index in [0.29, 0.717) is 6.54 Å². The lowest BCUT2D eigenvalue weighted by molar-refractivity contribution is -0.126. The summed E-state index contributed by atoms with van der Waals surface area (Å²) in [5.41, 5.74) is 2.43. The molecule has 1 amide bonds. The van der Waals surface area contributed by atoms with Crippen molar-refractivity contribution in [2.45, 2.75) is 39.3 Å². The molecule has 3 nitrogen and oxygen atoms in total. The maximum Gasteiger partial charge on any atom is 0.224 e. The van der Waals surface area contributed by atoms with Crippen LogP contribution in [0.25, 0.3) is 0 Å². The summed E-state index contributed by atoms with van der Waals surface area (Å²) < 4.78 is 0. The van der Waals surface area contributed by atoms with Crippen LogP contribution in [0.3, 0.4) is 0 Å². The third kappa shape index (κ3) is 3.10. The van der Waals surface area contributed by atoms with Gasteiger partial charge in [-0.1, -0.05) is 24.3 Å². The SMILES string of the molecule is Cc1ccccc1CNC(=O)C1CCCNC1C. The van der Waals surface area contributed by atoms with Crippen molar-refractivity contribution >= 4 is 5.91 Å². The number of piperidine rings is 1. The largest absolute Gasteiger partial charge is 0.352 e. The Hall–Kier alpha value is -1.35. The van der Waals surface area contributed by atoms with Crippen LogP contribution in [0.15, 0.2) is 24.3 Å². The third-order valence-electron chi connectivity index (χ3n) is 3.81. The summed E-state index contributed by atoms with van der Waals surface area (Å²) in [5.74, 6) is 0.292. The Kier molecular flexibility index (Phi) is 4.37. The molecule has 18 heavy (non-hydrogen) atoms. The molecule has 2 atom stereocenters. The highest BCUT2D eigenvalue weighted by Gasteiger charge is 2.27. The molecule has 1 aromatic rings. The predicted molar refractivity (Wildman–Crippen MR) is 73.2 cm³/mol. The molecule has 1 aliphatic rings. The van der Waals surface area contributed by atoms with Gasteiger partial charge in [-0.2, -0.15) is 0 Å². The molecule has 1 fully saturated rings. The highest BCUT2D eigenvalue weighted by Crippen LogP contribution is 2.16. The van der Waals surface area contributed by atoms with Crippen molar-refractivity contribution in [3.05, 3.63) is 35.4 Å². The van der Waals surface area contributed by atoms with Crippen LogP contribution in [0.2, 0.25) is 0 Å². The first-order valence-electron chi connectivity index (χ1n) is 6.74. The molecular weight excluding hydrogens is 224 g/mol. The molecule has 0 aromatic heterocycles. The minimum Gasteiger partial charge on any atom is -0.352 e. The Balaban J connectivity index is 1.90. The first kappa shape index (κ1) is 13.1. The van der Waals surface area contributed by atoms with E-state index in [1.807, 2.05) is 12.1 Å². The second-order valence-corrected chi connectivity index (χ2v) is 5.14. The van der Waals surface area contributed by atoms with E-state index in [2.05, 4.69) is 36.6 Å². The van der Waals surface area contributed by atoms with E-state index in [1.165, 1.54) is 11.1 Å². The highest BCUT2D eigenvalue weighted by molar-refractivity contribution is 5.79. The molecule has 3 heteroatoms. The van der Waals surface area contributed by atoms with Crippen molar-refractivity contribution in [3.63, 3.8) is 0 Å². The molecule has 1 aliphatic heterocycles. The van der Waals surface area contributed by atoms with Crippen molar-refractivity contribution in [1.82, 2.24) is 10.6 Å². The zero-order valence-corrected chi connectivity index (χ0v) is 11.2. The van der Waals surface area contributed by atoms with Gasteiger partial charge in [0.05, 0.1) is 5.92 Å². The predicted octanol–water partition coefficient (Wildman–Crippen LogP) is 2.00. The first-order chi connectivity index (χ1) is 8.68. The smallest absolute Gasteiger partial charge is 0.224 e. The fourth-order valence-corrected chi connectivity index (χ4v) is 2.52. The number of benzene rings is 1. The van der Waals surface area contributed by atoms with Crippen molar-refractivity contribution in [3.8, 4) is 0 Å². The molecule has 0 spiro atoms. The van der Waals surface area contributed by atoms with Crippen LogP contribution in [-0.4, -0.2) is 18.5 Å². The van der Waals surface area contributed by atoms with E-state index in [0.717, 1.165) is 19.4 Å². The van der Waals surface area contributed by atoms with Crippen LogP contribution >= 0.6 is 0 Å². The van der Waals surface area contributed by atoms with E-state index in [1.54, 1.807) is 0 Å². The molecule has 0 aliphatic carbocycles. The minimum atomic E-state index is 0.114. The minimum absolute atomic E-state index is 0.114. The van der Waals surface area contributed by atoms with Gasteiger partial charge in [0.1, 0.15) is 0 Å². The molecule has 2 N–H and O–H groups in total. The van der Waals surface area contributed by atoms with E-state index in [9.17, 15) is 4.79 Å². The molecule has 0 bridgehead atoms. The van der Waals surface area contributed by atoms with Gasteiger partial charge in [-0.15, -0.1) is 0 Å². The maximum atomic E-state index is 12.1. The lowest BCUT2D eigenvalue weighted by Gasteiger charge is -2.28. The van der Waals surface area contributed by atoms with E-state index in [-0.39, 0.29) is 17.9 Å². The molecule has 2 unspecified atom stereocenters. The monoisotopic (exact) mass is 246 g/mol. The fourth-order valence-electron chi connectivity index (χ4n) is 2.52. The number of amides is 1. The van der Waals surface area contributed by atoms with Crippen LogP contribution in [-0.2, 0) is 11.3 Å². The van der Waals surface area contributed by atoms with Crippen LogP contribution < -0.4 is 10.6 Å². The number of carbonyl (C=O) groups excluding carboxylic acids is 1. The number of hydrogen-bond acceptors (Lipinski definition) is 2. The second kappa shape index (κ2) is 6.01. The van der Waals surface area contributed by atoms with Gasteiger partial charge in [0.15, 0.2) is 0 Å². The van der Waals surface area contributed by atoms with E-state index in [4.69, 9.17) is 0 Å². The second-order valence-electron chi connectivity index (χ2n) is 5.14. The molecule has 2 rings (SSSR count). The quantitative estimate of drug-likeness (QED) is 0.856. The zero-order chi connectivity index (χ0) is 13.0. The van der Waals surface area contributed by atoms with Gasteiger partial charge >= 0.3 is 0 Å². The van der Waals surface area contributed by atoms with Crippen molar-refractivity contribution in [2.75, 3.05) is 6.54 Å². The fraction of sp³-hybridized carbons (Fsp3) is 0.533. The first-order valence-corrected chi connectivity index (χ1v) is 6.74. The van der Waals surface area contributed by atoms with Crippen LogP contribution in [0.5, 0.6) is 0 Å². The van der Waals surface area contributed by atoms with Crippen molar-refractivity contribution < 1.29 is 4.79 Å². The van der Waals surface area contributed by atoms with E-state index < -0.39 is 0 Å². The van der Waals surface area contributed by atoms with Crippen molar-refractivity contribution in [2.24, 2.45) is 5.92 Å². The topological polar surface area (TPSA) is 41.1 Å². The summed E-state index contributed by atoms with van der Waals surface area (Å²) in [6.07, 6.45) is 2.08. The van der Waals surface area contributed by atoms with Gasteiger partial charge in [-0.3, -0.25) is 4.79 Å². The molecule has 0 radical (unpaired) electrons. The van der Waals surface area contributed by atoms with Crippen LogP contribution in [0.1, 0.15) is 30.9 Å². The van der Waals surface area contributed by atoms with Gasteiger partial charge in [0, 0.05) is 12.6 Å². The Morgan fingerprint density at radius 2 is 2.22 bits per heavy atom. The lowest BCUT2D eigenvalue weighted by atomic mass is 9.91. The summed E-state index contributed by atoms with van der Waals surface area (Å²) in [6, 6.07) is 8.47. The Morgan fingerprint density at radius 3 is 2.94 bits per heavy atom. The van der Waals surface area contributed by atoms with Crippen LogP contribution in [0.4, 0.5) is 0 Å². The highest BCUT2D eigenvalue weighted by atomic mass is 16.1. The lowest BCUT2D eigenvalue weighted by Crippen LogP contribution is -2.46. The summed E-state index contributed by atoms with van der Waals surface area (Å²) in [5, 5.41) is 6.42. The molecule has 1 saturated heterocycles. The van der Waals surface area contributed by atoms with Gasteiger partial charge in [-0.25, -0.2) is 0 Å². The van der Waals surface area contributed by atoms with Gasteiger partial charge in [0.2, 0.25) is 5.91 Å². The molecule has 1 heterocycles. The molecule has 1 aromatic carbocycles. The zero-order valence-electron chi connectivity index (χ0n) is 11.2. The summed E-state index contributed by atoms with van der Waals surface area (Å²) in [6.45, 7) is 5.83. The number of hydrogen-bond donors (Lipinski definition) is 2. The third-order valence-corrected chi connectivity index (χ3v) is 3.81. The average Bonchev–Trinajstić information content (AvgIpc) is 2.38. The van der Waals surface area contributed by atoms with Crippen molar-refractivity contribution in [1.29, 1.82) is 0 Å². The van der Waals surface area contributed by atoms with Gasteiger partial charge < -0.3 is 10.6 Å². The number of aryl methyl sites for hydroxylation is 1. The summed E-state index contributed by atoms with van der Waals surface area (Å²) in [7, 11) is 0. The summed E-state index contributed by atoms with van der Waals surface area (Å²) in [4.78, 5) is 12.1.